The fourth-order valence-electron chi connectivity index (χ4n) is 2.48. The van der Waals surface area contributed by atoms with Gasteiger partial charge in [-0.15, -0.1) is 0 Å². The Hall–Kier alpha value is -2.87. The average molecular weight is 346 g/mol. The van der Waals surface area contributed by atoms with Gasteiger partial charge in [0.05, 0.1) is 6.33 Å². The minimum absolute atomic E-state index is 0.0358. The Labute approximate surface area is 145 Å². The summed E-state index contributed by atoms with van der Waals surface area (Å²) in [5, 5.41) is 20.9. The number of carbonyl (C=O) groups excluding carboxylic acids is 1. The molecule has 1 amide bonds. The van der Waals surface area contributed by atoms with Gasteiger partial charge >= 0.3 is 5.97 Å². The number of hydrogen-bond donors (Lipinski definition) is 4. The quantitative estimate of drug-likeness (QED) is 0.545. The van der Waals surface area contributed by atoms with Crippen LogP contribution in [0.4, 0.5) is 0 Å². The van der Waals surface area contributed by atoms with Crippen molar-refractivity contribution in [1.29, 1.82) is 0 Å². The first-order valence-corrected chi connectivity index (χ1v) is 7.99. The van der Waals surface area contributed by atoms with Gasteiger partial charge in [0.2, 0.25) is 5.91 Å². The van der Waals surface area contributed by atoms with Gasteiger partial charge in [-0.3, -0.25) is 9.59 Å². The van der Waals surface area contributed by atoms with Crippen LogP contribution in [-0.2, 0) is 9.59 Å². The van der Waals surface area contributed by atoms with Gasteiger partial charge in [0.15, 0.2) is 0 Å². The molecule has 2 unspecified atom stereocenters. The Morgan fingerprint density at radius 3 is 2.60 bits per heavy atom. The van der Waals surface area contributed by atoms with E-state index >= 15 is 0 Å². The van der Waals surface area contributed by atoms with E-state index in [-0.39, 0.29) is 30.7 Å². The first-order valence-electron chi connectivity index (χ1n) is 7.99. The number of imidazole rings is 1. The lowest BCUT2D eigenvalue weighted by Gasteiger charge is -2.21. The van der Waals surface area contributed by atoms with Crippen molar-refractivity contribution in [3.05, 3.63) is 48.5 Å². The zero-order valence-electron chi connectivity index (χ0n) is 13.7. The van der Waals surface area contributed by atoms with E-state index in [9.17, 15) is 14.7 Å². The molecule has 0 bridgehead atoms. The van der Waals surface area contributed by atoms with Crippen molar-refractivity contribution in [1.82, 2.24) is 14.9 Å². The van der Waals surface area contributed by atoms with E-state index in [4.69, 9.17) is 10.8 Å². The number of nitrogens with zero attached hydrogens (tertiary/aromatic N) is 2. The van der Waals surface area contributed by atoms with E-state index in [1.807, 2.05) is 0 Å². The summed E-state index contributed by atoms with van der Waals surface area (Å²) in [7, 11) is 0. The monoisotopic (exact) mass is 346 g/mol. The number of nitrogens with two attached hydrogens (primary N) is 1. The minimum Gasteiger partial charge on any atom is -0.508 e. The lowest BCUT2D eigenvalue weighted by Crippen LogP contribution is -2.34. The van der Waals surface area contributed by atoms with Crippen LogP contribution in [0.5, 0.6) is 5.75 Å². The van der Waals surface area contributed by atoms with Crippen LogP contribution in [0, 0.1) is 0 Å². The number of amides is 1. The first-order chi connectivity index (χ1) is 12.0. The Morgan fingerprint density at radius 2 is 2.00 bits per heavy atom. The van der Waals surface area contributed by atoms with Crippen molar-refractivity contribution in [2.45, 2.75) is 37.9 Å². The van der Waals surface area contributed by atoms with Crippen LogP contribution in [0.3, 0.4) is 0 Å². The van der Waals surface area contributed by atoms with E-state index in [2.05, 4.69) is 10.3 Å². The van der Waals surface area contributed by atoms with Gasteiger partial charge in [0.25, 0.3) is 0 Å². The van der Waals surface area contributed by atoms with Crippen molar-refractivity contribution in [2.24, 2.45) is 5.73 Å². The SMILES string of the molecule is NC(CC(=O)NC(CCCC(=O)O)n1ccnc1)c1ccc(O)cc1. The number of carboxylic acid groups (broad SMARTS) is 1. The van der Waals surface area contributed by atoms with E-state index in [1.54, 1.807) is 35.4 Å². The highest BCUT2D eigenvalue weighted by atomic mass is 16.4. The highest BCUT2D eigenvalue weighted by Gasteiger charge is 2.17. The Morgan fingerprint density at radius 1 is 1.28 bits per heavy atom. The summed E-state index contributed by atoms with van der Waals surface area (Å²) >= 11 is 0. The van der Waals surface area contributed by atoms with Crippen LogP contribution in [0.15, 0.2) is 43.0 Å². The molecule has 0 radical (unpaired) electrons. The van der Waals surface area contributed by atoms with Gasteiger partial charge in [-0.25, -0.2) is 4.98 Å². The van der Waals surface area contributed by atoms with E-state index in [0.717, 1.165) is 5.56 Å². The first kappa shape index (κ1) is 18.5. The number of carbonyl (C=O) groups is 2. The molecule has 1 heterocycles. The fraction of sp³-hybridized carbons (Fsp3) is 0.353. The molecule has 0 aliphatic heterocycles. The highest BCUT2D eigenvalue weighted by Crippen LogP contribution is 2.18. The third-order valence-electron chi connectivity index (χ3n) is 3.81. The second kappa shape index (κ2) is 8.84. The predicted molar refractivity (Wildman–Crippen MR) is 90.5 cm³/mol. The van der Waals surface area contributed by atoms with Gasteiger partial charge in [0.1, 0.15) is 11.9 Å². The lowest BCUT2D eigenvalue weighted by atomic mass is 10.0. The number of benzene rings is 1. The summed E-state index contributed by atoms with van der Waals surface area (Å²) in [6.07, 6.45) is 5.53. The summed E-state index contributed by atoms with van der Waals surface area (Å²) < 4.78 is 1.73. The van der Waals surface area contributed by atoms with Crippen molar-refractivity contribution in [3.63, 3.8) is 0 Å². The summed E-state index contributed by atoms with van der Waals surface area (Å²) in [6.45, 7) is 0. The molecule has 1 aromatic heterocycles. The van der Waals surface area contributed by atoms with Crippen molar-refractivity contribution >= 4 is 11.9 Å². The maximum absolute atomic E-state index is 12.3. The molecular formula is C17H22N4O4. The fourth-order valence-corrected chi connectivity index (χ4v) is 2.48. The Balaban J connectivity index is 1.93. The maximum Gasteiger partial charge on any atom is 0.303 e. The van der Waals surface area contributed by atoms with Gasteiger partial charge in [-0.2, -0.15) is 0 Å². The molecule has 0 saturated heterocycles. The number of rotatable bonds is 9. The number of aromatic nitrogens is 2. The molecule has 0 aliphatic carbocycles. The Bertz CT molecular complexity index is 685. The summed E-state index contributed by atoms with van der Waals surface area (Å²) in [5.41, 5.74) is 6.79. The van der Waals surface area contributed by atoms with Crippen LogP contribution in [0.2, 0.25) is 0 Å². The second-order valence-electron chi connectivity index (χ2n) is 5.78. The molecule has 2 atom stereocenters. The summed E-state index contributed by atoms with van der Waals surface area (Å²) in [5.74, 6) is -0.973. The Kier molecular flexibility index (Phi) is 6.53. The standard InChI is InChI=1S/C17H22N4O4/c18-14(12-4-6-13(22)7-5-12)10-16(23)20-15(2-1-3-17(24)25)21-9-8-19-11-21/h4-9,11,14-15,22H,1-3,10,18H2,(H,20,23)(H,24,25). The van der Waals surface area contributed by atoms with Crippen LogP contribution in [0.25, 0.3) is 0 Å². The molecule has 1 aromatic carbocycles. The molecule has 0 aliphatic rings. The number of aromatic hydroxyl groups is 1. The normalized spacial score (nSPS) is 13.2. The maximum atomic E-state index is 12.3. The molecule has 0 spiro atoms. The molecule has 8 heteroatoms. The van der Waals surface area contributed by atoms with Crippen molar-refractivity contribution < 1.29 is 19.8 Å². The van der Waals surface area contributed by atoms with E-state index in [0.29, 0.717) is 12.8 Å². The summed E-state index contributed by atoms with van der Waals surface area (Å²) in [6, 6.07) is 5.89. The smallest absolute Gasteiger partial charge is 0.303 e. The van der Waals surface area contributed by atoms with Crippen molar-refractivity contribution in [3.8, 4) is 5.75 Å². The molecule has 134 valence electrons. The molecular weight excluding hydrogens is 324 g/mol. The van der Waals surface area contributed by atoms with Crippen LogP contribution in [0.1, 0.15) is 43.5 Å². The molecule has 2 aromatic rings. The molecule has 0 fully saturated rings. The predicted octanol–water partition coefficient (Wildman–Crippen LogP) is 1.55. The third kappa shape index (κ3) is 5.92. The van der Waals surface area contributed by atoms with Gasteiger partial charge < -0.3 is 25.8 Å². The summed E-state index contributed by atoms with van der Waals surface area (Å²) in [4.78, 5) is 26.9. The number of aliphatic carboxylic acids is 1. The van der Waals surface area contributed by atoms with Gasteiger partial charge in [-0.05, 0) is 30.5 Å². The zero-order valence-corrected chi connectivity index (χ0v) is 13.7. The van der Waals surface area contributed by atoms with Crippen LogP contribution in [-0.4, -0.2) is 31.6 Å². The number of carboxylic acids is 1. The van der Waals surface area contributed by atoms with Gasteiger partial charge in [-0.1, -0.05) is 12.1 Å². The van der Waals surface area contributed by atoms with Gasteiger partial charge in [0, 0.05) is 31.3 Å². The minimum atomic E-state index is -0.870. The number of phenolic OH excluding ortho intramolecular Hbond substituents is 1. The highest BCUT2D eigenvalue weighted by molar-refractivity contribution is 5.77. The number of phenols is 1. The average Bonchev–Trinajstić information content (AvgIpc) is 3.08. The number of nitrogens with one attached hydrogen (secondary N) is 1. The van der Waals surface area contributed by atoms with E-state index < -0.39 is 12.0 Å². The second-order valence-corrected chi connectivity index (χ2v) is 5.78. The molecule has 0 saturated carbocycles. The van der Waals surface area contributed by atoms with Crippen molar-refractivity contribution in [2.75, 3.05) is 0 Å². The lowest BCUT2D eigenvalue weighted by molar-refractivity contribution is -0.137. The molecule has 8 nitrogen and oxygen atoms in total. The topological polar surface area (TPSA) is 130 Å². The zero-order chi connectivity index (χ0) is 18.2. The number of hydrogen-bond acceptors (Lipinski definition) is 5. The van der Waals surface area contributed by atoms with E-state index in [1.165, 1.54) is 12.1 Å². The molecule has 25 heavy (non-hydrogen) atoms. The largest absolute Gasteiger partial charge is 0.508 e. The van der Waals surface area contributed by atoms with Crippen LogP contribution < -0.4 is 11.1 Å². The molecule has 2 rings (SSSR count). The molecule has 5 N–H and O–H groups in total. The van der Waals surface area contributed by atoms with Crippen LogP contribution >= 0.6 is 0 Å². The third-order valence-corrected chi connectivity index (χ3v) is 3.81.